The minimum absolute atomic E-state index is 0.0660. The number of nitrogens with zero attached hydrogens (tertiary/aromatic N) is 1. The fourth-order valence-corrected chi connectivity index (χ4v) is 6.18. The van der Waals surface area contributed by atoms with Gasteiger partial charge >= 0.3 is 0 Å². The van der Waals surface area contributed by atoms with Crippen LogP contribution in [0.1, 0.15) is 12.0 Å². The van der Waals surface area contributed by atoms with Gasteiger partial charge in [0.05, 0.1) is 10.6 Å². The lowest BCUT2D eigenvalue weighted by atomic mass is 10.2. The van der Waals surface area contributed by atoms with Gasteiger partial charge < -0.3 is 5.32 Å². The number of halogens is 3. The molecule has 10 heteroatoms. The standard InChI is InChI=1S/C24H23Cl3N2O3S2/c25-19-7-4-6-18(12-19)17-33-11-5-10-28-24(30)16-29(22-14-20(26)13-21(27)15-22)34(31,32)23-8-2-1-3-9-23/h1-4,6-9,12-15H,5,10-11,16-17H2,(H,28,30). The molecule has 180 valence electrons. The smallest absolute Gasteiger partial charge is 0.264 e. The topological polar surface area (TPSA) is 66.5 Å². The van der Waals surface area contributed by atoms with Crippen LogP contribution < -0.4 is 9.62 Å². The first-order chi connectivity index (χ1) is 16.3. The van der Waals surface area contributed by atoms with E-state index in [9.17, 15) is 13.2 Å². The van der Waals surface area contributed by atoms with Crippen LogP contribution in [0.15, 0.2) is 77.7 Å². The van der Waals surface area contributed by atoms with Crippen molar-refractivity contribution in [1.29, 1.82) is 0 Å². The molecule has 3 rings (SSSR count). The van der Waals surface area contributed by atoms with Gasteiger partial charge in [-0.1, -0.05) is 65.1 Å². The Hall–Kier alpha value is -1.90. The van der Waals surface area contributed by atoms with E-state index in [4.69, 9.17) is 34.8 Å². The molecule has 3 aromatic rings. The van der Waals surface area contributed by atoms with Gasteiger partial charge in [0.2, 0.25) is 5.91 Å². The maximum absolute atomic E-state index is 13.3. The highest BCUT2D eigenvalue weighted by atomic mass is 35.5. The Kier molecular flexibility index (Phi) is 9.97. The van der Waals surface area contributed by atoms with Gasteiger partial charge in [-0.2, -0.15) is 11.8 Å². The molecule has 0 unspecified atom stereocenters. The minimum Gasteiger partial charge on any atom is -0.354 e. The van der Waals surface area contributed by atoms with Gasteiger partial charge in [-0.15, -0.1) is 0 Å². The SMILES string of the molecule is O=C(CN(c1cc(Cl)cc(Cl)c1)S(=O)(=O)c1ccccc1)NCCCSCc1cccc(Cl)c1. The summed E-state index contributed by atoms with van der Waals surface area (Å²) in [6.07, 6.45) is 0.741. The molecule has 0 heterocycles. The van der Waals surface area contributed by atoms with Gasteiger partial charge in [0.25, 0.3) is 10.0 Å². The van der Waals surface area contributed by atoms with Gasteiger partial charge in [-0.05, 0) is 60.2 Å². The molecule has 0 spiro atoms. The number of carbonyl (C=O) groups excluding carboxylic acids is 1. The zero-order chi connectivity index (χ0) is 24.6. The van der Waals surface area contributed by atoms with Crippen molar-refractivity contribution >= 4 is 68.2 Å². The van der Waals surface area contributed by atoms with Crippen molar-refractivity contribution in [3.05, 3.63) is 93.4 Å². The molecule has 0 atom stereocenters. The third kappa shape index (κ3) is 7.82. The van der Waals surface area contributed by atoms with E-state index < -0.39 is 22.5 Å². The number of anilines is 1. The second-order valence-electron chi connectivity index (χ2n) is 7.34. The number of hydrogen-bond acceptors (Lipinski definition) is 4. The molecule has 1 N–H and O–H groups in total. The van der Waals surface area contributed by atoms with E-state index >= 15 is 0 Å². The van der Waals surface area contributed by atoms with Gasteiger partial charge in [-0.3, -0.25) is 9.10 Å². The molecular formula is C24H23Cl3N2O3S2. The van der Waals surface area contributed by atoms with Crippen molar-refractivity contribution in [3.63, 3.8) is 0 Å². The molecule has 0 saturated heterocycles. The van der Waals surface area contributed by atoms with Gasteiger partial charge in [0.15, 0.2) is 0 Å². The molecule has 0 fully saturated rings. The largest absolute Gasteiger partial charge is 0.354 e. The number of benzene rings is 3. The van der Waals surface area contributed by atoms with Crippen molar-refractivity contribution in [2.24, 2.45) is 0 Å². The van der Waals surface area contributed by atoms with Gasteiger partial charge in [0, 0.05) is 27.4 Å². The molecule has 0 aliphatic carbocycles. The predicted octanol–water partition coefficient (Wildman–Crippen LogP) is 6.28. The first-order valence-corrected chi connectivity index (χ1v) is 14.1. The van der Waals surface area contributed by atoms with Crippen molar-refractivity contribution in [1.82, 2.24) is 5.32 Å². The van der Waals surface area contributed by atoms with Crippen molar-refractivity contribution in [2.75, 3.05) is 23.1 Å². The molecule has 0 aliphatic heterocycles. The van der Waals surface area contributed by atoms with E-state index in [2.05, 4.69) is 5.32 Å². The molecule has 0 radical (unpaired) electrons. The molecule has 1 amide bonds. The predicted molar refractivity (Wildman–Crippen MR) is 143 cm³/mol. The fraction of sp³-hybridized carbons (Fsp3) is 0.208. The third-order valence-electron chi connectivity index (χ3n) is 4.70. The average Bonchev–Trinajstić information content (AvgIpc) is 2.79. The zero-order valence-corrected chi connectivity index (χ0v) is 22.0. The Balaban J connectivity index is 1.60. The average molecular weight is 558 g/mol. The lowest BCUT2D eigenvalue weighted by Gasteiger charge is -2.24. The van der Waals surface area contributed by atoms with Crippen LogP contribution in [-0.2, 0) is 20.6 Å². The molecule has 0 saturated carbocycles. The first-order valence-electron chi connectivity index (χ1n) is 10.4. The van der Waals surface area contributed by atoms with Crippen LogP contribution >= 0.6 is 46.6 Å². The van der Waals surface area contributed by atoms with Gasteiger partial charge in [-0.25, -0.2) is 8.42 Å². The van der Waals surface area contributed by atoms with E-state index in [0.29, 0.717) is 11.6 Å². The summed E-state index contributed by atoms with van der Waals surface area (Å²) < 4.78 is 27.6. The van der Waals surface area contributed by atoms with E-state index in [1.54, 1.807) is 30.0 Å². The van der Waals surface area contributed by atoms with Crippen LogP contribution in [0.4, 0.5) is 5.69 Å². The van der Waals surface area contributed by atoms with Crippen LogP contribution in [0.2, 0.25) is 15.1 Å². The second-order valence-corrected chi connectivity index (χ2v) is 11.6. The molecule has 5 nitrogen and oxygen atoms in total. The van der Waals surface area contributed by atoms with Crippen LogP contribution in [0.3, 0.4) is 0 Å². The zero-order valence-electron chi connectivity index (χ0n) is 18.1. The lowest BCUT2D eigenvalue weighted by Crippen LogP contribution is -2.41. The highest BCUT2D eigenvalue weighted by Crippen LogP contribution is 2.29. The van der Waals surface area contributed by atoms with E-state index in [1.165, 1.54) is 30.3 Å². The van der Waals surface area contributed by atoms with E-state index in [0.717, 1.165) is 27.8 Å². The Morgan fingerprint density at radius 2 is 1.59 bits per heavy atom. The number of thioether (sulfide) groups is 1. The Labute approximate surface area is 219 Å². The summed E-state index contributed by atoms with van der Waals surface area (Å²) >= 11 is 19.9. The van der Waals surface area contributed by atoms with E-state index in [-0.39, 0.29) is 20.6 Å². The summed E-state index contributed by atoms with van der Waals surface area (Å²) in [6, 6.07) is 20.1. The maximum Gasteiger partial charge on any atom is 0.264 e. The van der Waals surface area contributed by atoms with Crippen LogP contribution in [0.5, 0.6) is 0 Å². The fourth-order valence-electron chi connectivity index (χ4n) is 3.12. The molecule has 3 aromatic carbocycles. The summed E-state index contributed by atoms with van der Waals surface area (Å²) in [7, 11) is -4.02. The molecule has 0 aliphatic rings. The number of sulfonamides is 1. The summed E-state index contributed by atoms with van der Waals surface area (Å²) in [4.78, 5) is 12.7. The van der Waals surface area contributed by atoms with Crippen LogP contribution in [0, 0.1) is 0 Å². The van der Waals surface area contributed by atoms with Crippen molar-refractivity contribution in [2.45, 2.75) is 17.1 Å². The maximum atomic E-state index is 13.3. The molecular weight excluding hydrogens is 535 g/mol. The highest BCUT2D eigenvalue weighted by Gasteiger charge is 2.27. The van der Waals surface area contributed by atoms with Crippen LogP contribution in [-0.4, -0.2) is 33.2 Å². The second kappa shape index (κ2) is 12.7. The summed E-state index contributed by atoms with van der Waals surface area (Å²) in [6.45, 7) is 0.0282. The number of rotatable bonds is 11. The number of carbonyl (C=O) groups is 1. The van der Waals surface area contributed by atoms with Gasteiger partial charge in [0.1, 0.15) is 6.54 Å². The number of hydrogen-bond donors (Lipinski definition) is 1. The highest BCUT2D eigenvalue weighted by molar-refractivity contribution is 7.98. The quantitative estimate of drug-likeness (QED) is 0.282. The van der Waals surface area contributed by atoms with Crippen molar-refractivity contribution < 1.29 is 13.2 Å². The third-order valence-corrected chi connectivity index (χ3v) is 8.27. The monoisotopic (exact) mass is 556 g/mol. The molecule has 0 bridgehead atoms. The lowest BCUT2D eigenvalue weighted by molar-refractivity contribution is -0.119. The van der Waals surface area contributed by atoms with Crippen molar-refractivity contribution in [3.8, 4) is 0 Å². The number of nitrogens with one attached hydrogen (secondary N) is 1. The molecule has 0 aromatic heterocycles. The number of amides is 1. The first kappa shape index (κ1) is 26.7. The summed E-state index contributed by atoms with van der Waals surface area (Å²) in [5.41, 5.74) is 1.36. The summed E-state index contributed by atoms with van der Waals surface area (Å²) in [5.74, 6) is 1.24. The summed E-state index contributed by atoms with van der Waals surface area (Å²) in [5, 5.41) is 4.05. The minimum atomic E-state index is -4.02. The molecule has 34 heavy (non-hydrogen) atoms. The Morgan fingerprint density at radius 3 is 2.26 bits per heavy atom. The normalized spacial score (nSPS) is 11.3. The Morgan fingerprint density at radius 1 is 0.882 bits per heavy atom. The van der Waals surface area contributed by atoms with Crippen LogP contribution in [0.25, 0.3) is 0 Å². The Bertz CT molecular complexity index is 1200. The van der Waals surface area contributed by atoms with E-state index in [1.807, 2.05) is 24.3 Å².